The van der Waals surface area contributed by atoms with Gasteiger partial charge in [0.05, 0.1) is 13.2 Å². The van der Waals surface area contributed by atoms with Gasteiger partial charge in [-0.2, -0.15) is 0 Å². The van der Waals surface area contributed by atoms with Crippen LogP contribution in [-0.2, 0) is 9.53 Å². The molecule has 1 heterocycles. The molecule has 1 aliphatic heterocycles. The molecule has 1 aliphatic carbocycles. The predicted octanol–water partition coefficient (Wildman–Crippen LogP) is 1.33. The van der Waals surface area contributed by atoms with E-state index in [1.54, 1.807) is 0 Å². The Morgan fingerprint density at radius 2 is 2.11 bits per heavy atom. The van der Waals surface area contributed by atoms with Gasteiger partial charge >= 0.3 is 0 Å². The van der Waals surface area contributed by atoms with Crippen molar-refractivity contribution in [2.24, 2.45) is 16.7 Å². The summed E-state index contributed by atoms with van der Waals surface area (Å²) in [6.07, 6.45) is 1.96. The first-order valence-corrected chi connectivity index (χ1v) is 6.75. The quantitative estimate of drug-likeness (QED) is 0.796. The maximum Gasteiger partial charge on any atom is 0.224 e. The Labute approximate surface area is 109 Å². The van der Waals surface area contributed by atoms with Crippen LogP contribution in [0.4, 0.5) is 0 Å². The van der Waals surface area contributed by atoms with Crippen LogP contribution in [0.5, 0.6) is 0 Å². The largest absolute Gasteiger partial charge is 0.396 e. The molecule has 0 aromatic heterocycles. The Morgan fingerprint density at radius 3 is 2.61 bits per heavy atom. The average molecular weight is 255 g/mol. The fourth-order valence-electron chi connectivity index (χ4n) is 2.54. The topological polar surface area (TPSA) is 58.6 Å². The van der Waals surface area contributed by atoms with Gasteiger partial charge in [0.2, 0.25) is 5.91 Å². The lowest BCUT2D eigenvalue weighted by Gasteiger charge is -2.41. The summed E-state index contributed by atoms with van der Waals surface area (Å²) in [5.41, 5.74) is -0.623. The Hall–Kier alpha value is -0.610. The molecular weight excluding hydrogens is 230 g/mol. The monoisotopic (exact) mass is 255 g/mol. The van der Waals surface area contributed by atoms with E-state index >= 15 is 0 Å². The second kappa shape index (κ2) is 4.20. The highest BCUT2D eigenvalue weighted by molar-refractivity contribution is 5.83. The molecule has 0 radical (unpaired) electrons. The van der Waals surface area contributed by atoms with E-state index in [4.69, 9.17) is 4.74 Å². The minimum absolute atomic E-state index is 0.0548. The van der Waals surface area contributed by atoms with Gasteiger partial charge in [0, 0.05) is 28.9 Å². The van der Waals surface area contributed by atoms with Crippen molar-refractivity contribution in [1.29, 1.82) is 0 Å². The molecule has 4 heteroatoms. The molecule has 2 atom stereocenters. The second-order valence-corrected chi connectivity index (χ2v) is 7.08. The van der Waals surface area contributed by atoms with E-state index in [0.717, 1.165) is 26.1 Å². The van der Waals surface area contributed by atoms with Crippen LogP contribution in [0.15, 0.2) is 0 Å². The molecule has 2 rings (SSSR count). The van der Waals surface area contributed by atoms with Gasteiger partial charge in [0.15, 0.2) is 0 Å². The van der Waals surface area contributed by atoms with Crippen molar-refractivity contribution in [3.8, 4) is 0 Å². The molecular formula is C14H25NO3. The molecule has 1 amide bonds. The highest BCUT2D eigenvalue weighted by Crippen LogP contribution is 2.58. The number of aliphatic hydroxyl groups excluding tert-OH is 1. The van der Waals surface area contributed by atoms with Crippen LogP contribution >= 0.6 is 0 Å². The number of hydrogen-bond donors (Lipinski definition) is 2. The molecule has 4 nitrogen and oxygen atoms in total. The highest BCUT2D eigenvalue weighted by atomic mass is 16.5. The predicted molar refractivity (Wildman–Crippen MR) is 69.1 cm³/mol. The normalized spacial score (nSPS) is 31.7. The van der Waals surface area contributed by atoms with E-state index in [0.29, 0.717) is 0 Å². The third-order valence-corrected chi connectivity index (χ3v) is 5.16. The van der Waals surface area contributed by atoms with E-state index in [1.807, 2.05) is 27.7 Å². The van der Waals surface area contributed by atoms with Crippen LogP contribution < -0.4 is 5.32 Å². The number of carbonyl (C=O) groups excluding carboxylic acids is 1. The van der Waals surface area contributed by atoms with Crippen LogP contribution in [0.25, 0.3) is 0 Å². The molecule has 0 aromatic carbocycles. The molecule has 2 fully saturated rings. The van der Waals surface area contributed by atoms with Gasteiger partial charge < -0.3 is 15.2 Å². The van der Waals surface area contributed by atoms with Crippen LogP contribution in [0.3, 0.4) is 0 Å². The minimum atomic E-state index is -0.415. The molecule has 2 unspecified atom stereocenters. The molecule has 1 saturated carbocycles. The van der Waals surface area contributed by atoms with E-state index in [-0.39, 0.29) is 29.3 Å². The summed E-state index contributed by atoms with van der Waals surface area (Å²) < 4.78 is 5.40. The maximum absolute atomic E-state index is 12.3. The summed E-state index contributed by atoms with van der Waals surface area (Å²) >= 11 is 0. The Kier molecular flexibility index (Phi) is 3.23. The summed E-state index contributed by atoms with van der Waals surface area (Å²) in [7, 11) is 0. The maximum atomic E-state index is 12.3. The fraction of sp³-hybridized carbons (Fsp3) is 0.929. The standard InChI is InChI=1S/C14H25NO3/c1-12(2,8-16)13(3,4)15-11(17)10-7-14(10)5-6-18-9-14/h10,16H,5-9H2,1-4H3,(H,15,17). The molecule has 0 bridgehead atoms. The van der Waals surface area contributed by atoms with Crippen molar-refractivity contribution in [2.45, 2.75) is 46.1 Å². The summed E-state index contributed by atoms with van der Waals surface area (Å²) in [6.45, 7) is 9.45. The van der Waals surface area contributed by atoms with Crippen molar-refractivity contribution >= 4 is 5.91 Å². The molecule has 1 spiro atoms. The third kappa shape index (κ3) is 2.16. The Bertz CT molecular complexity index is 343. The van der Waals surface area contributed by atoms with Crippen molar-refractivity contribution < 1.29 is 14.6 Å². The lowest BCUT2D eigenvalue weighted by Crippen LogP contribution is -2.55. The van der Waals surface area contributed by atoms with Crippen molar-refractivity contribution in [3.05, 3.63) is 0 Å². The lowest BCUT2D eigenvalue weighted by atomic mass is 9.75. The highest BCUT2D eigenvalue weighted by Gasteiger charge is 2.60. The summed E-state index contributed by atoms with van der Waals surface area (Å²) in [4.78, 5) is 12.3. The van der Waals surface area contributed by atoms with Crippen molar-refractivity contribution in [2.75, 3.05) is 19.8 Å². The SMILES string of the molecule is CC(C)(CO)C(C)(C)NC(=O)C1CC12CCOC2. The number of carbonyl (C=O) groups is 1. The van der Waals surface area contributed by atoms with E-state index in [2.05, 4.69) is 5.32 Å². The summed E-state index contributed by atoms with van der Waals surface area (Å²) in [6, 6.07) is 0. The first-order chi connectivity index (χ1) is 8.24. The van der Waals surface area contributed by atoms with Gasteiger partial charge in [-0.3, -0.25) is 4.79 Å². The zero-order valence-corrected chi connectivity index (χ0v) is 11.9. The molecule has 0 aromatic rings. The van der Waals surface area contributed by atoms with Crippen LogP contribution in [0, 0.1) is 16.7 Å². The zero-order chi connectivity index (χ0) is 13.6. The van der Waals surface area contributed by atoms with Gasteiger partial charge in [-0.15, -0.1) is 0 Å². The molecule has 104 valence electrons. The molecule has 18 heavy (non-hydrogen) atoms. The first-order valence-electron chi connectivity index (χ1n) is 6.75. The molecule has 1 saturated heterocycles. The summed E-state index contributed by atoms with van der Waals surface area (Å²) in [5.74, 6) is 0.223. The number of rotatable bonds is 4. The van der Waals surface area contributed by atoms with Crippen molar-refractivity contribution in [1.82, 2.24) is 5.32 Å². The van der Waals surface area contributed by atoms with Gasteiger partial charge in [0.1, 0.15) is 0 Å². The first kappa shape index (κ1) is 13.8. The number of aliphatic hydroxyl groups is 1. The van der Waals surface area contributed by atoms with Gasteiger partial charge in [-0.25, -0.2) is 0 Å². The summed E-state index contributed by atoms with van der Waals surface area (Å²) in [5, 5.41) is 12.5. The smallest absolute Gasteiger partial charge is 0.224 e. The number of nitrogens with one attached hydrogen (secondary N) is 1. The van der Waals surface area contributed by atoms with Gasteiger partial charge in [-0.05, 0) is 26.7 Å². The fourth-order valence-corrected chi connectivity index (χ4v) is 2.54. The van der Waals surface area contributed by atoms with Crippen molar-refractivity contribution in [3.63, 3.8) is 0 Å². The molecule has 2 N–H and O–H groups in total. The number of hydrogen-bond acceptors (Lipinski definition) is 3. The Morgan fingerprint density at radius 1 is 1.44 bits per heavy atom. The van der Waals surface area contributed by atoms with Crippen LogP contribution in [-0.4, -0.2) is 36.4 Å². The van der Waals surface area contributed by atoms with Crippen LogP contribution in [0.2, 0.25) is 0 Å². The van der Waals surface area contributed by atoms with Crippen LogP contribution in [0.1, 0.15) is 40.5 Å². The lowest BCUT2D eigenvalue weighted by molar-refractivity contribution is -0.126. The van der Waals surface area contributed by atoms with Gasteiger partial charge in [0.25, 0.3) is 0 Å². The second-order valence-electron chi connectivity index (χ2n) is 7.08. The van der Waals surface area contributed by atoms with E-state index in [9.17, 15) is 9.90 Å². The van der Waals surface area contributed by atoms with Gasteiger partial charge in [-0.1, -0.05) is 13.8 Å². The van der Waals surface area contributed by atoms with E-state index in [1.165, 1.54) is 0 Å². The zero-order valence-electron chi connectivity index (χ0n) is 11.9. The number of amides is 1. The molecule has 2 aliphatic rings. The minimum Gasteiger partial charge on any atom is -0.396 e. The number of ether oxygens (including phenoxy) is 1. The Balaban J connectivity index is 1.96. The third-order valence-electron chi connectivity index (χ3n) is 5.16. The van der Waals surface area contributed by atoms with E-state index < -0.39 is 5.54 Å². The average Bonchev–Trinajstić information content (AvgIpc) is 2.76.